The molecule has 0 bridgehead atoms. The molecule has 1 atom stereocenters. The third kappa shape index (κ3) is 4.69. The summed E-state index contributed by atoms with van der Waals surface area (Å²) in [6.07, 6.45) is 4.40. The Morgan fingerprint density at radius 3 is 2.28 bits per heavy atom. The summed E-state index contributed by atoms with van der Waals surface area (Å²) in [5.41, 5.74) is 0.237. The first kappa shape index (κ1) is 15.0. The SMILES string of the molecule is CCCCCC(C)(O)c1ccc(OC(C)C)cc1. The summed E-state index contributed by atoms with van der Waals surface area (Å²) in [7, 11) is 0. The van der Waals surface area contributed by atoms with E-state index in [2.05, 4.69) is 6.92 Å². The smallest absolute Gasteiger partial charge is 0.119 e. The van der Waals surface area contributed by atoms with E-state index in [1.165, 1.54) is 12.8 Å². The highest BCUT2D eigenvalue weighted by Gasteiger charge is 2.22. The van der Waals surface area contributed by atoms with E-state index < -0.39 is 5.60 Å². The van der Waals surface area contributed by atoms with Gasteiger partial charge in [0.1, 0.15) is 5.75 Å². The Balaban J connectivity index is 2.65. The second-order valence-electron chi connectivity index (χ2n) is 5.42. The van der Waals surface area contributed by atoms with Crippen molar-refractivity contribution in [2.75, 3.05) is 0 Å². The number of ether oxygens (including phenoxy) is 1. The molecule has 0 saturated heterocycles. The Bertz CT molecular complexity index is 339. The first-order chi connectivity index (χ1) is 8.45. The average molecular weight is 250 g/mol. The van der Waals surface area contributed by atoms with Crippen molar-refractivity contribution >= 4 is 0 Å². The van der Waals surface area contributed by atoms with Gasteiger partial charge in [-0.05, 0) is 44.9 Å². The van der Waals surface area contributed by atoms with Gasteiger partial charge in [0.05, 0.1) is 11.7 Å². The van der Waals surface area contributed by atoms with Gasteiger partial charge in [-0.3, -0.25) is 0 Å². The molecule has 1 aromatic carbocycles. The Hall–Kier alpha value is -1.02. The molecule has 1 rings (SSSR count). The van der Waals surface area contributed by atoms with Crippen molar-refractivity contribution < 1.29 is 9.84 Å². The quantitative estimate of drug-likeness (QED) is 0.733. The lowest BCUT2D eigenvalue weighted by molar-refractivity contribution is 0.0449. The lowest BCUT2D eigenvalue weighted by atomic mass is 9.90. The van der Waals surface area contributed by atoms with Gasteiger partial charge in [-0.1, -0.05) is 38.3 Å². The molecule has 0 heterocycles. The Labute approximate surface area is 111 Å². The van der Waals surface area contributed by atoms with E-state index in [0.29, 0.717) is 0 Å². The zero-order chi connectivity index (χ0) is 13.6. The summed E-state index contributed by atoms with van der Waals surface area (Å²) in [4.78, 5) is 0. The number of benzene rings is 1. The van der Waals surface area contributed by atoms with Crippen LogP contribution in [-0.2, 0) is 5.60 Å². The summed E-state index contributed by atoms with van der Waals surface area (Å²) in [5, 5.41) is 10.4. The highest BCUT2D eigenvalue weighted by Crippen LogP contribution is 2.28. The van der Waals surface area contributed by atoms with Crippen molar-refractivity contribution in [1.82, 2.24) is 0 Å². The predicted octanol–water partition coefficient (Wildman–Crippen LogP) is 4.26. The molecule has 1 N–H and O–H groups in total. The van der Waals surface area contributed by atoms with Gasteiger partial charge in [-0.2, -0.15) is 0 Å². The fraction of sp³-hybridized carbons (Fsp3) is 0.625. The van der Waals surface area contributed by atoms with E-state index in [-0.39, 0.29) is 6.10 Å². The average Bonchev–Trinajstić information content (AvgIpc) is 2.29. The molecule has 0 aromatic heterocycles. The largest absolute Gasteiger partial charge is 0.491 e. The van der Waals surface area contributed by atoms with E-state index in [1.807, 2.05) is 45.0 Å². The highest BCUT2D eigenvalue weighted by atomic mass is 16.5. The van der Waals surface area contributed by atoms with Gasteiger partial charge in [0, 0.05) is 0 Å². The van der Waals surface area contributed by atoms with Gasteiger partial charge in [-0.15, -0.1) is 0 Å². The van der Waals surface area contributed by atoms with Crippen LogP contribution in [0.15, 0.2) is 24.3 Å². The molecule has 18 heavy (non-hydrogen) atoms. The Morgan fingerprint density at radius 1 is 1.17 bits per heavy atom. The molecular weight excluding hydrogens is 224 g/mol. The summed E-state index contributed by atoms with van der Waals surface area (Å²) in [5.74, 6) is 0.859. The van der Waals surface area contributed by atoms with Gasteiger partial charge < -0.3 is 9.84 Å². The Kier molecular flexibility index (Phi) is 5.67. The van der Waals surface area contributed by atoms with E-state index in [0.717, 1.165) is 24.2 Å². The van der Waals surface area contributed by atoms with Gasteiger partial charge >= 0.3 is 0 Å². The summed E-state index contributed by atoms with van der Waals surface area (Å²) >= 11 is 0. The maximum Gasteiger partial charge on any atom is 0.119 e. The van der Waals surface area contributed by atoms with E-state index in [4.69, 9.17) is 4.74 Å². The maximum absolute atomic E-state index is 10.4. The van der Waals surface area contributed by atoms with Gasteiger partial charge in [0.15, 0.2) is 0 Å². The molecule has 0 aliphatic heterocycles. The van der Waals surface area contributed by atoms with Gasteiger partial charge in [0.2, 0.25) is 0 Å². The molecule has 0 amide bonds. The monoisotopic (exact) mass is 250 g/mol. The lowest BCUT2D eigenvalue weighted by Crippen LogP contribution is -2.20. The van der Waals surface area contributed by atoms with Crippen molar-refractivity contribution in [3.63, 3.8) is 0 Å². The molecule has 1 aromatic rings. The van der Waals surface area contributed by atoms with Crippen molar-refractivity contribution in [3.05, 3.63) is 29.8 Å². The second kappa shape index (κ2) is 6.79. The Morgan fingerprint density at radius 2 is 1.78 bits per heavy atom. The number of aliphatic hydroxyl groups is 1. The molecular formula is C16H26O2. The van der Waals surface area contributed by atoms with E-state index in [9.17, 15) is 5.11 Å². The molecule has 0 aliphatic rings. The fourth-order valence-corrected chi connectivity index (χ4v) is 2.03. The third-order valence-electron chi connectivity index (χ3n) is 3.12. The van der Waals surface area contributed by atoms with Crippen molar-refractivity contribution in [2.24, 2.45) is 0 Å². The van der Waals surface area contributed by atoms with Crippen molar-refractivity contribution in [3.8, 4) is 5.75 Å². The van der Waals surface area contributed by atoms with Crippen LogP contribution in [0.2, 0.25) is 0 Å². The third-order valence-corrected chi connectivity index (χ3v) is 3.12. The lowest BCUT2D eigenvalue weighted by Gasteiger charge is -2.24. The fourth-order valence-electron chi connectivity index (χ4n) is 2.03. The number of rotatable bonds is 7. The van der Waals surface area contributed by atoms with Crippen LogP contribution in [0.5, 0.6) is 5.75 Å². The minimum Gasteiger partial charge on any atom is -0.491 e. The summed E-state index contributed by atoms with van der Waals surface area (Å²) in [6, 6.07) is 7.79. The van der Waals surface area contributed by atoms with Crippen LogP contribution in [0.4, 0.5) is 0 Å². The zero-order valence-electron chi connectivity index (χ0n) is 12.1. The first-order valence-corrected chi connectivity index (χ1v) is 6.95. The van der Waals surface area contributed by atoms with Gasteiger partial charge in [0.25, 0.3) is 0 Å². The maximum atomic E-state index is 10.4. The van der Waals surface area contributed by atoms with Crippen molar-refractivity contribution in [2.45, 2.75) is 65.1 Å². The van der Waals surface area contributed by atoms with E-state index >= 15 is 0 Å². The van der Waals surface area contributed by atoms with Crippen LogP contribution in [0.25, 0.3) is 0 Å². The molecule has 2 nitrogen and oxygen atoms in total. The van der Waals surface area contributed by atoms with Gasteiger partial charge in [-0.25, -0.2) is 0 Å². The summed E-state index contributed by atoms with van der Waals surface area (Å²) in [6.45, 7) is 8.08. The molecule has 0 fully saturated rings. The van der Waals surface area contributed by atoms with Crippen LogP contribution >= 0.6 is 0 Å². The predicted molar refractivity (Wildman–Crippen MR) is 75.9 cm³/mol. The van der Waals surface area contributed by atoms with Crippen LogP contribution in [-0.4, -0.2) is 11.2 Å². The normalized spacial score (nSPS) is 14.6. The zero-order valence-corrected chi connectivity index (χ0v) is 12.1. The molecule has 1 unspecified atom stereocenters. The van der Waals surface area contributed by atoms with Crippen LogP contribution in [0, 0.1) is 0 Å². The topological polar surface area (TPSA) is 29.5 Å². The standard InChI is InChI=1S/C16H26O2/c1-5-6-7-12-16(4,17)14-8-10-15(11-9-14)18-13(2)3/h8-11,13,17H,5-7,12H2,1-4H3. The molecule has 0 aliphatic carbocycles. The molecule has 102 valence electrons. The minimum atomic E-state index is -0.731. The summed E-state index contributed by atoms with van der Waals surface area (Å²) < 4.78 is 5.60. The minimum absolute atomic E-state index is 0.181. The number of unbranched alkanes of at least 4 members (excludes halogenated alkanes) is 2. The number of hydrogen-bond acceptors (Lipinski definition) is 2. The van der Waals surface area contributed by atoms with Crippen molar-refractivity contribution in [1.29, 1.82) is 0 Å². The first-order valence-electron chi connectivity index (χ1n) is 6.95. The van der Waals surface area contributed by atoms with Crippen LogP contribution in [0.3, 0.4) is 0 Å². The second-order valence-corrected chi connectivity index (χ2v) is 5.42. The molecule has 0 saturated carbocycles. The van der Waals surface area contributed by atoms with E-state index in [1.54, 1.807) is 0 Å². The van der Waals surface area contributed by atoms with Crippen LogP contribution in [0.1, 0.15) is 58.9 Å². The molecule has 2 heteroatoms. The molecule has 0 spiro atoms. The molecule has 0 radical (unpaired) electrons. The highest BCUT2D eigenvalue weighted by molar-refractivity contribution is 5.30. The number of hydrogen-bond donors (Lipinski definition) is 1. The van der Waals surface area contributed by atoms with Crippen LogP contribution < -0.4 is 4.74 Å².